The number of benzene rings is 2. The molecule has 0 spiro atoms. The van der Waals surface area contributed by atoms with Gasteiger partial charge in [0.25, 0.3) is 5.91 Å². The molecule has 9 heteroatoms. The minimum absolute atomic E-state index is 0.157. The molecule has 2 aromatic carbocycles. The van der Waals surface area contributed by atoms with Crippen molar-refractivity contribution in [1.82, 2.24) is 0 Å². The van der Waals surface area contributed by atoms with Crippen molar-refractivity contribution < 1.29 is 37.7 Å². The Balaban J connectivity index is 1.59. The zero-order chi connectivity index (χ0) is 20.8. The Bertz CT molecular complexity index is 914. The summed E-state index contributed by atoms with van der Waals surface area (Å²) >= 11 is 0. The summed E-state index contributed by atoms with van der Waals surface area (Å²) < 4.78 is 33.4. The lowest BCUT2D eigenvalue weighted by molar-refractivity contribution is -0.145. The lowest BCUT2D eigenvalue weighted by Gasteiger charge is -2.13. The van der Waals surface area contributed by atoms with Gasteiger partial charge >= 0.3 is 11.9 Å². The zero-order valence-corrected chi connectivity index (χ0v) is 15.5. The monoisotopic (exact) mass is 403 g/mol. The number of cyclic esters (lactones) is 1. The third-order valence-corrected chi connectivity index (χ3v) is 4.02. The molecule has 2 aromatic rings. The normalized spacial score (nSPS) is 15.4. The molecule has 0 aliphatic carbocycles. The van der Waals surface area contributed by atoms with E-state index in [-0.39, 0.29) is 30.3 Å². The summed E-state index contributed by atoms with van der Waals surface area (Å²) in [6.45, 7) is -0.113. The predicted molar refractivity (Wildman–Crippen MR) is 98.3 cm³/mol. The van der Waals surface area contributed by atoms with Crippen molar-refractivity contribution in [3.05, 3.63) is 53.8 Å². The first-order valence-corrected chi connectivity index (χ1v) is 8.70. The Kier molecular flexibility index (Phi) is 6.28. The second kappa shape index (κ2) is 9.05. The molecule has 0 aromatic heterocycles. The first-order valence-electron chi connectivity index (χ1n) is 8.70. The number of esters is 2. The lowest BCUT2D eigenvalue weighted by Crippen LogP contribution is -2.22. The number of carbonyl (C=O) groups is 3. The first-order chi connectivity index (χ1) is 14.0. The SMILES string of the molecule is COc1cc(C(=O)O[C@@H]2CCOC2=O)ccc1OCC(=O)Nc1ccc(F)cc1. The number of halogens is 1. The number of ether oxygens (including phenoxy) is 4. The van der Waals surface area contributed by atoms with Gasteiger partial charge in [0.1, 0.15) is 5.82 Å². The average Bonchev–Trinajstić information content (AvgIpc) is 3.12. The molecule has 1 aliphatic heterocycles. The molecule has 1 N–H and O–H groups in total. The standard InChI is InChI=1S/C20H18FNO7/c1-26-17-10-12(19(24)29-16-8-9-27-20(16)25)2-7-15(17)28-11-18(23)22-14-5-3-13(21)4-6-14/h2-7,10,16H,8-9,11H2,1H3,(H,22,23)/t16-/m1/s1. The maximum atomic E-state index is 12.9. The van der Waals surface area contributed by atoms with Crippen molar-refractivity contribution in [2.24, 2.45) is 0 Å². The van der Waals surface area contributed by atoms with Crippen LogP contribution in [0, 0.1) is 5.82 Å². The van der Waals surface area contributed by atoms with E-state index < -0.39 is 29.8 Å². The third kappa shape index (κ3) is 5.22. The maximum absolute atomic E-state index is 12.9. The van der Waals surface area contributed by atoms with Crippen LogP contribution in [0.4, 0.5) is 10.1 Å². The van der Waals surface area contributed by atoms with Gasteiger partial charge in [0.05, 0.1) is 19.3 Å². The molecule has 1 heterocycles. The molecule has 0 bridgehead atoms. The van der Waals surface area contributed by atoms with Crippen LogP contribution in [0.1, 0.15) is 16.8 Å². The summed E-state index contributed by atoms with van der Waals surface area (Å²) in [7, 11) is 1.38. The van der Waals surface area contributed by atoms with Gasteiger partial charge in [0.2, 0.25) is 6.10 Å². The van der Waals surface area contributed by atoms with Crippen LogP contribution in [-0.2, 0) is 19.1 Å². The number of methoxy groups -OCH3 is 1. The van der Waals surface area contributed by atoms with Crippen LogP contribution in [0.25, 0.3) is 0 Å². The number of amides is 1. The molecular formula is C20H18FNO7. The maximum Gasteiger partial charge on any atom is 0.347 e. The molecule has 3 rings (SSSR count). The Morgan fingerprint density at radius 2 is 1.93 bits per heavy atom. The molecule has 1 fully saturated rings. The van der Waals surface area contributed by atoms with E-state index in [2.05, 4.69) is 5.32 Å². The van der Waals surface area contributed by atoms with Crippen LogP contribution in [0.15, 0.2) is 42.5 Å². The minimum Gasteiger partial charge on any atom is -0.493 e. The van der Waals surface area contributed by atoms with Gasteiger partial charge in [-0.25, -0.2) is 14.0 Å². The summed E-state index contributed by atoms with van der Waals surface area (Å²) in [6.07, 6.45) is -0.605. The Morgan fingerprint density at radius 1 is 1.17 bits per heavy atom. The summed E-state index contributed by atoms with van der Waals surface area (Å²) in [5.74, 6) is -1.69. The number of hydrogen-bond acceptors (Lipinski definition) is 7. The number of carbonyl (C=O) groups excluding carboxylic acids is 3. The second-order valence-electron chi connectivity index (χ2n) is 6.06. The first kappa shape index (κ1) is 20.1. The highest BCUT2D eigenvalue weighted by molar-refractivity contribution is 5.93. The number of nitrogens with one attached hydrogen (secondary N) is 1. The van der Waals surface area contributed by atoms with E-state index in [0.29, 0.717) is 12.1 Å². The molecule has 1 atom stereocenters. The number of rotatable bonds is 7. The smallest absolute Gasteiger partial charge is 0.347 e. The Morgan fingerprint density at radius 3 is 2.59 bits per heavy atom. The van der Waals surface area contributed by atoms with Crippen molar-refractivity contribution in [2.75, 3.05) is 25.6 Å². The molecule has 8 nitrogen and oxygen atoms in total. The van der Waals surface area contributed by atoms with Gasteiger partial charge < -0.3 is 24.3 Å². The van der Waals surface area contributed by atoms with Gasteiger partial charge in [0, 0.05) is 12.1 Å². The van der Waals surface area contributed by atoms with E-state index in [4.69, 9.17) is 18.9 Å². The largest absolute Gasteiger partial charge is 0.493 e. The minimum atomic E-state index is -0.917. The average molecular weight is 403 g/mol. The molecule has 1 amide bonds. The fourth-order valence-electron chi connectivity index (χ4n) is 2.57. The summed E-state index contributed by atoms with van der Waals surface area (Å²) in [4.78, 5) is 35.6. The van der Waals surface area contributed by atoms with Gasteiger partial charge in [-0.2, -0.15) is 0 Å². The van der Waals surface area contributed by atoms with E-state index >= 15 is 0 Å². The van der Waals surface area contributed by atoms with Crippen LogP contribution in [0.5, 0.6) is 11.5 Å². The van der Waals surface area contributed by atoms with Gasteiger partial charge in [-0.05, 0) is 42.5 Å². The number of hydrogen-bond donors (Lipinski definition) is 1. The van der Waals surface area contributed by atoms with Crippen LogP contribution in [0.2, 0.25) is 0 Å². The van der Waals surface area contributed by atoms with Gasteiger partial charge in [-0.15, -0.1) is 0 Å². The fourth-order valence-corrected chi connectivity index (χ4v) is 2.57. The topological polar surface area (TPSA) is 100 Å². The Labute approximate surface area is 165 Å². The van der Waals surface area contributed by atoms with Crippen LogP contribution in [0.3, 0.4) is 0 Å². The summed E-state index contributed by atoms with van der Waals surface area (Å²) in [5.41, 5.74) is 0.583. The predicted octanol–water partition coefficient (Wildman–Crippen LogP) is 2.32. The zero-order valence-electron chi connectivity index (χ0n) is 15.5. The van der Waals surface area contributed by atoms with Crippen molar-refractivity contribution in [1.29, 1.82) is 0 Å². The molecule has 29 heavy (non-hydrogen) atoms. The fraction of sp³-hybridized carbons (Fsp3) is 0.250. The highest BCUT2D eigenvalue weighted by Gasteiger charge is 2.30. The summed E-state index contributed by atoms with van der Waals surface area (Å²) in [6, 6.07) is 9.57. The van der Waals surface area contributed by atoms with E-state index in [1.165, 1.54) is 49.6 Å². The van der Waals surface area contributed by atoms with Crippen molar-refractivity contribution in [3.63, 3.8) is 0 Å². The highest BCUT2D eigenvalue weighted by atomic mass is 19.1. The molecule has 1 saturated heterocycles. The van der Waals surface area contributed by atoms with Crippen molar-refractivity contribution in [2.45, 2.75) is 12.5 Å². The van der Waals surface area contributed by atoms with Crippen LogP contribution in [-0.4, -0.2) is 44.3 Å². The van der Waals surface area contributed by atoms with E-state index in [9.17, 15) is 18.8 Å². The van der Waals surface area contributed by atoms with Crippen LogP contribution >= 0.6 is 0 Å². The van der Waals surface area contributed by atoms with E-state index in [1.807, 2.05) is 0 Å². The Hall–Kier alpha value is -3.62. The number of anilines is 1. The van der Waals surface area contributed by atoms with Crippen molar-refractivity contribution in [3.8, 4) is 11.5 Å². The summed E-state index contributed by atoms with van der Waals surface area (Å²) in [5, 5.41) is 2.56. The van der Waals surface area contributed by atoms with Gasteiger partial charge in [0.15, 0.2) is 18.1 Å². The van der Waals surface area contributed by atoms with Crippen molar-refractivity contribution >= 4 is 23.5 Å². The highest BCUT2D eigenvalue weighted by Crippen LogP contribution is 2.29. The molecule has 152 valence electrons. The van der Waals surface area contributed by atoms with E-state index in [1.54, 1.807) is 0 Å². The molecular weight excluding hydrogens is 385 g/mol. The van der Waals surface area contributed by atoms with Crippen LogP contribution < -0.4 is 14.8 Å². The quantitative estimate of drug-likeness (QED) is 0.708. The van der Waals surface area contributed by atoms with Gasteiger partial charge in [-0.1, -0.05) is 0 Å². The molecule has 1 aliphatic rings. The third-order valence-electron chi connectivity index (χ3n) is 4.02. The van der Waals surface area contributed by atoms with Gasteiger partial charge in [-0.3, -0.25) is 4.79 Å². The van der Waals surface area contributed by atoms with E-state index in [0.717, 1.165) is 0 Å². The lowest BCUT2D eigenvalue weighted by atomic mass is 10.2. The molecule has 0 saturated carbocycles. The molecule has 0 unspecified atom stereocenters. The second-order valence-corrected chi connectivity index (χ2v) is 6.06. The molecule has 0 radical (unpaired) electrons.